The van der Waals surface area contributed by atoms with Gasteiger partial charge in [-0.1, -0.05) is 11.8 Å². The van der Waals surface area contributed by atoms with Crippen LogP contribution in [-0.2, 0) is 14.3 Å². The molecule has 8 nitrogen and oxygen atoms in total. The summed E-state index contributed by atoms with van der Waals surface area (Å²) < 4.78 is 19.8. The van der Waals surface area contributed by atoms with E-state index >= 15 is 0 Å². The number of hydrogen-bond donors (Lipinski definition) is 2. The van der Waals surface area contributed by atoms with Gasteiger partial charge in [0, 0.05) is 11.5 Å². The van der Waals surface area contributed by atoms with Gasteiger partial charge in [0.15, 0.2) is 0 Å². The highest BCUT2D eigenvalue weighted by molar-refractivity contribution is 8.15. The Labute approximate surface area is 158 Å². The van der Waals surface area contributed by atoms with Gasteiger partial charge in [-0.2, -0.15) is 5.10 Å². The van der Waals surface area contributed by atoms with Crippen LogP contribution in [0.1, 0.15) is 18.4 Å². The Hall–Kier alpha value is -2.62. The van der Waals surface area contributed by atoms with Gasteiger partial charge in [0.1, 0.15) is 17.0 Å². The number of thioether (sulfide) groups is 1. The van der Waals surface area contributed by atoms with Gasteiger partial charge < -0.3 is 10.1 Å². The van der Waals surface area contributed by atoms with Crippen molar-refractivity contribution in [2.75, 3.05) is 23.7 Å². The van der Waals surface area contributed by atoms with Crippen LogP contribution in [0.3, 0.4) is 0 Å². The summed E-state index contributed by atoms with van der Waals surface area (Å²) in [6.45, 7) is 0.472. The molecule has 27 heavy (non-hydrogen) atoms. The van der Waals surface area contributed by atoms with E-state index in [1.165, 1.54) is 17.0 Å². The number of nitrogens with zero attached hydrogens (tertiary/aromatic N) is 2. The van der Waals surface area contributed by atoms with E-state index in [-0.39, 0.29) is 42.1 Å². The van der Waals surface area contributed by atoms with E-state index in [9.17, 15) is 18.8 Å². The molecule has 1 saturated heterocycles. The van der Waals surface area contributed by atoms with Crippen molar-refractivity contribution in [3.63, 3.8) is 0 Å². The molecule has 1 aromatic rings. The van der Waals surface area contributed by atoms with E-state index in [1.807, 2.05) is 0 Å². The predicted octanol–water partition coefficient (Wildman–Crippen LogP) is 1.20. The average molecular weight is 392 g/mol. The number of hydrogen-bond acceptors (Lipinski definition) is 6. The molecule has 1 saturated carbocycles. The third-order valence-electron chi connectivity index (χ3n) is 4.44. The van der Waals surface area contributed by atoms with Crippen molar-refractivity contribution in [1.29, 1.82) is 0 Å². The van der Waals surface area contributed by atoms with Crippen LogP contribution in [-0.4, -0.2) is 47.9 Å². The van der Waals surface area contributed by atoms with Crippen molar-refractivity contribution < 1.29 is 23.5 Å². The fraction of sp³-hybridized carbons (Fsp3) is 0.412. The third kappa shape index (κ3) is 3.90. The third-order valence-corrected chi connectivity index (χ3v) is 5.43. The van der Waals surface area contributed by atoms with E-state index < -0.39 is 18.0 Å². The Kier molecular flexibility index (Phi) is 4.73. The predicted molar refractivity (Wildman–Crippen MR) is 96.9 cm³/mol. The zero-order chi connectivity index (χ0) is 19.0. The first-order valence-corrected chi connectivity index (χ1v) is 9.55. The van der Waals surface area contributed by atoms with Crippen molar-refractivity contribution in [3.05, 3.63) is 29.6 Å². The minimum absolute atomic E-state index is 0.0160. The lowest BCUT2D eigenvalue weighted by Crippen LogP contribution is -2.35. The molecule has 1 aliphatic carbocycles. The number of amides is 3. The fourth-order valence-corrected chi connectivity index (χ4v) is 3.60. The molecule has 10 heteroatoms. The molecule has 2 heterocycles. The zero-order valence-corrected chi connectivity index (χ0v) is 15.1. The van der Waals surface area contributed by atoms with Gasteiger partial charge in [0.25, 0.3) is 5.91 Å². The first-order chi connectivity index (χ1) is 13.0. The van der Waals surface area contributed by atoms with Crippen molar-refractivity contribution in [3.8, 4) is 0 Å². The number of halogens is 1. The molecular formula is C17H17FN4O4S. The largest absolute Gasteiger partial charge is 0.442 e. The number of nitrogens with one attached hydrogen (secondary N) is 2. The lowest BCUT2D eigenvalue weighted by Gasteiger charge is -2.16. The molecule has 1 aromatic carbocycles. The second kappa shape index (κ2) is 7.18. The Morgan fingerprint density at radius 2 is 2.22 bits per heavy atom. The highest BCUT2D eigenvalue weighted by Gasteiger charge is 2.35. The summed E-state index contributed by atoms with van der Waals surface area (Å²) in [7, 11) is 0. The van der Waals surface area contributed by atoms with Crippen molar-refractivity contribution >= 4 is 40.4 Å². The SMILES string of the molecule is O=C1CSC(c2ccc(N3CC(CNC(=O)C4CC4)OC3=O)cc2F)=NN1. The number of hydrazone groups is 1. The average Bonchev–Trinajstić information content (AvgIpc) is 3.44. The van der Waals surface area contributed by atoms with E-state index in [2.05, 4.69) is 15.8 Å². The normalized spacial score (nSPS) is 22.2. The minimum Gasteiger partial charge on any atom is -0.442 e. The number of benzene rings is 1. The van der Waals surface area contributed by atoms with Crippen molar-refractivity contribution in [2.24, 2.45) is 11.0 Å². The summed E-state index contributed by atoms with van der Waals surface area (Å²) in [5.41, 5.74) is 2.94. The summed E-state index contributed by atoms with van der Waals surface area (Å²) in [5, 5.41) is 7.00. The molecule has 3 amide bonds. The molecule has 0 aromatic heterocycles. The molecule has 2 aliphatic heterocycles. The van der Waals surface area contributed by atoms with Gasteiger partial charge in [-0.3, -0.25) is 14.5 Å². The Morgan fingerprint density at radius 3 is 2.89 bits per heavy atom. The van der Waals surface area contributed by atoms with Crippen LogP contribution in [0, 0.1) is 11.7 Å². The van der Waals surface area contributed by atoms with Gasteiger partial charge in [-0.25, -0.2) is 14.6 Å². The maximum Gasteiger partial charge on any atom is 0.414 e. The van der Waals surface area contributed by atoms with Crippen LogP contribution < -0.4 is 15.6 Å². The summed E-state index contributed by atoms with van der Waals surface area (Å²) >= 11 is 1.15. The summed E-state index contributed by atoms with van der Waals surface area (Å²) in [4.78, 5) is 36.3. The minimum atomic E-state index is -0.579. The molecule has 2 fully saturated rings. The highest BCUT2D eigenvalue weighted by atomic mass is 32.2. The lowest BCUT2D eigenvalue weighted by atomic mass is 10.2. The maximum absolute atomic E-state index is 14.5. The molecule has 0 spiro atoms. The van der Waals surface area contributed by atoms with Crippen LogP contribution in [0.5, 0.6) is 0 Å². The van der Waals surface area contributed by atoms with Gasteiger partial charge in [0.05, 0.1) is 24.5 Å². The Balaban J connectivity index is 1.42. The first kappa shape index (κ1) is 17.8. The van der Waals surface area contributed by atoms with Crippen LogP contribution >= 0.6 is 11.8 Å². The van der Waals surface area contributed by atoms with E-state index in [0.717, 1.165) is 24.6 Å². The second-order valence-corrected chi connectivity index (χ2v) is 7.50. The second-order valence-electron chi connectivity index (χ2n) is 6.54. The van der Waals surface area contributed by atoms with E-state index in [1.54, 1.807) is 6.07 Å². The topological polar surface area (TPSA) is 100 Å². The first-order valence-electron chi connectivity index (χ1n) is 8.56. The Bertz CT molecular complexity index is 842. The number of carbonyl (C=O) groups is 3. The van der Waals surface area contributed by atoms with Gasteiger partial charge >= 0.3 is 6.09 Å². The number of carbonyl (C=O) groups excluding carboxylic acids is 3. The van der Waals surface area contributed by atoms with Crippen LogP contribution in [0.15, 0.2) is 23.3 Å². The monoisotopic (exact) mass is 392 g/mol. The molecule has 1 unspecified atom stereocenters. The quantitative estimate of drug-likeness (QED) is 0.784. The molecule has 142 valence electrons. The van der Waals surface area contributed by atoms with E-state index in [4.69, 9.17) is 4.74 Å². The molecule has 4 rings (SSSR count). The van der Waals surface area contributed by atoms with E-state index in [0.29, 0.717) is 10.7 Å². The van der Waals surface area contributed by atoms with Gasteiger partial charge in [-0.15, -0.1) is 0 Å². The zero-order valence-electron chi connectivity index (χ0n) is 14.2. The maximum atomic E-state index is 14.5. The molecule has 3 aliphatic rings. The van der Waals surface area contributed by atoms with Crippen LogP contribution in [0.2, 0.25) is 0 Å². The summed E-state index contributed by atoms with van der Waals surface area (Å²) in [6, 6.07) is 4.36. The molecule has 1 atom stereocenters. The molecule has 0 radical (unpaired) electrons. The highest BCUT2D eigenvalue weighted by Crippen LogP contribution is 2.29. The van der Waals surface area contributed by atoms with Crippen LogP contribution in [0.25, 0.3) is 0 Å². The number of rotatable bonds is 5. The number of ether oxygens (including phenoxy) is 1. The standard InChI is InChI=1S/C17H17FN4O4S/c18-13-5-10(3-4-12(13)16-21-20-14(23)8-27-16)22-7-11(26-17(22)25)6-19-15(24)9-1-2-9/h3-5,9,11H,1-2,6-8H2,(H,19,24)(H,20,23). The van der Waals surface area contributed by atoms with Crippen molar-refractivity contribution in [1.82, 2.24) is 10.7 Å². The van der Waals surface area contributed by atoms with Crippen molar-refractivity contribution in [2.45, 2.75) is 18.9 Å². The summed E-state index contributed by atoms with van der Waals surface area (Å²) in [5.74, 6) is -0.538. The van der Waals surface area contributed by atoms with Gasteiger partial charge in [-0.05, 0) is 31.0 Å². The molecule has 2 N–H and O–H groups in total. The number of anilines is 1. The lowest BCUT2D eigenvalue weighted by molar-refractivity contribution is -0.122. The fourth-order valence-electron chi connectivity index (χ4n) is 2.84. The van der Waals surface area contributed by atoms with Gasteiger partial charge in [0.2, 0.25) is 5.91 Å². The molecule has 0 bridgehead atoms. The van der Waals surface area contributed by atoms with Crippen LogP contribution in [0.4, 0.5) is 14.9 Å². The smallest absolute Gasteiger partial charge is 0.414 e. The molecular weight excluding hydrogens is 375 g/mol. The number of cyclic esters (lactones) is 1. The summed E-state index contributed by atoms with van der Waals surface area (Å²) in [6.07, 6.45) is 0.753. The Morgan fingerprint density at radius 1 is 1.41 bits per heavy atom.